The number of ether oxygens (including phenoxy) is 1. The smallest absolute Gasteiger partial charge is 0.144 e. The van der Waals surface area contributed by atoms with E-state index in [1.165, 1.54) is 5.56 Å². The van der Waals surface area contributed by atoms with Crippen molar-refractivity contribution in [2.75, 3.05) is 19.0 Å². The van der Waals surface area contributed by atoms with Gasteiger partial charge in [-0.15, -0.1) is 0 Å². The minimum Gasteiger partial charge on any atom is -0.493 e. The van der Waals surface area contributed by atoms with Crippen LogP contribution in [-0.2, 0) is 6.42 Å². The summed E-state index contributed by atoms with van der Waals surface area (Å²) < 4.78 is 5.79. The maximum atomic E-state index is 5.79. The number of hydrogen-bond donors (Lipinski definition) is 1. The van der Waals surface area contributed by atoms with Crippen LogP contribution in [0.1, 0.15) is 12.0 Å². The van der Waals surface area contributed by atoms with Gasteiger partial charge in [0.25, 0.3) is 0 Å². The molecule has 1 aliphatic rings. The largest absolute Gasteiger partial charge is 0.493 e. The zero-order chi connectivity index (χ0) is 12.4. The van der Waals surface area contributed by atoms with Crippen molar-refractivity contribution in [3.05, 3.63) is 36.2 Å². The minimum absolute atomic E-state index is 0.765. The third-order valence-electron chi connectivity index (χ3n) is 3.10. The number of benzene rings is 1. The minimum atomic E-state index is 0.765. The van der Waals surface area contributed by atoms with Crippen LogP contribution in [0.4, 0.5) is 5.82 Å². The van der Waals surface area contributed by atoms with Gasteiger partial charge < -0.3 is 10.1 Å². The maximum absolute atomic E-state index is 5.79. The summed E-state index contributed by atoms with van der Waals surface area (Å²) in [5.41, 5.74) is 3.13. The molecule has 1 N–H and O–H groups in total. The van der Waals surface area contributed by atoms with Crippen LogP contribution < -0.4 is 10.1 Å². The molecule has 3 rings (SSSR count). The zero-order valence-electron chi connectivity index (χ0n) is 10.3. The Labute approximate surface area is 106 Å². The Balaban J connectivity index is 2.10. The van der Waals surface area contributed by atoms with Crippen LogP contribution in [0.2, 0.25) is 0 Å². The van der Waals surface area contributed by atoms with Crippen molar-refractivity contribution in [3.63, 3.8) is 0 Å². The molecular weight excluding hydrogens is 226 g/mol. The lowest BCUT2D eigenvalue weighted by molar-refractivity contribution is 0.289. The van der Waals surface area contributed by atoms with Crippen LogP contribution in [0, 0.1) is 0 Å². The molecule has 0 fully saturated rings. The van der Waals surface area contributed by atoms with Gasteiger partial charge in [-0.25, -0.2) is 4.98 Å². The van der Waals surface area contributed by atoms with Crippen molar-refractivity contribution < 1.29 is 4.74 Å². The Morgan fingerprint density at radius 3 is 3.11 bits per heavy atom. The van der Waals surface area contributed by atoms with Crippen LogP contribution in [0.3, 0.4) is 0 Å². The number of aromatic nitrogens is 2. The molecule has 0 unspecified atom stereocenters. The molecule has 0 aliphatic carbocycles. The highest BCUT2D eigenvalue weighted by Crippen LogP contribution is 2.35. The van der Waals surface area contributed by atoms with E-state index in [4.69, 9.17) is 4.74 Å². The van der Waals surface area contributed by atoms with Crippen molar-refractivity contribution >= 4 is 5.82 Å². The predicted molar refractivity (Wildman–Crippen MR) is 70.8 cm³/mol. The fourth-order valence-corrected chi connectivity index (χ4v) is 2.21. The highest BCUT2D eigenvalue weighted by Gasteiger charge is 2.16. The average Bonchev–Trinajstić information content (AvgIpc) is 2.47. The first kappa shape index (κ1) is 11.0. The van der Waals surface area contributed by atoms with Gasteiger partial charge in [0.15, 0.2) is 0 Å². The molecule has 2 heterocycles. The van der Waals surface area contributed by atoms with E-state index in [9.17, 15) is 0 Å². The molecule has 0 saturated carbocycles. The van der Waals surface area contributed by atoms with Crippen LogP contribution in [0.25, 0.3) is 11.3 Å². The topological polar surface area (TPSA) is 47.0 Å². The van der Waals surface area contributed by atoms with Crippen LogP contribution in [-0.4, -0.2) is 23.6 Å². The third kappa shape index (κ3) is 1.90. The molecule has 4 nitrogen and oxygen atoms in total. The Kier molecular flexibility index (Phi) is 2.84. The summed E-state index contributed by atoms with van der Waals surface area (Å²) in [4.78, 5) is 8.72. The Morgan fingerprint density at radius 1 is 1.28 bits per heavy atom. The standard InChI is InChI=1S/C14H15N3O/c1-15-13-9-16-8-12(17-13)11-6-2-4-10-5-3-7-18-14(10)11/h2,4,6,8-9H,3,5,7H2,1H3,(H,15,17). The summed E-state index contributed by atoms with van der Waals surface area (Å²) in [6.45, 7) is 0.781. The molecule has 0 spiro atoms. The monoisotopic (exact) mass is 241 g/mol. The van der Waals surface area contributed by atoms with Gasteiger partial charge in [-0.2, -0.15) is 0 Å². The first-order valence-electron chi connectivity index (χ1n) is 6.13. The molecule has 0 atom stereocenters. The molecule has 0 amide bonds. The molecule has 1 aromatic heterocycles. The quantitative estimate of drug-likeness (QED) is 0.877. The van der Waals surface area contributed by atoms with Crippen LogP contribution in [0.5, 0.6) is 5.75 Å². The van der Waals surface area contributed by atoms with Crippen molar-refractivity contribution in [1.29, 1.82) is 0 Å². The number of nitrogens with one attached hydrogen (secondary N) is 1. The van der Waals surface area contributed by atoms with Crippen molar-refractivity contribution in [2.45, 2.75) is 12.8 Å². The second-order valence-corrected chi connectivity index (χ2v) is 4.29. The summed E-state index contributed by atoms with van der Waals surface area (Å²) in [6.07, 6.45) is 5.63. The second-order valence-electron chi connectivity index (χ2n) is 4.29. The lowest BCUT2D eigenvalue weighted by Crippen LogP contribution is -2.09. The van der Waals surface area contributed by atoms with E-state index in [1.807, 2.05) is 13.1 Å². The number of nitrogens with zero attached hydrogens (tertiary/aromatic N) is 2. The number of hydrogen-bond acceptors (Lipinski definition) is 4. The first-order valence-corrected chi connectivity index (χ1v) is 6.13. The maximum Gasteiger partial charge on any atom is 0.144 e. The average molecular weight is 241 g/mol. The molecule has 1 aromatic carbocycles. The number of fused-ring (bicyclic) bond motifs is 1. The third-order valence-corrected chi connectivity index (χ3v) is 3.10. The van der Waals surface area contributed by atoms with Crippen LogP contribution >= 0.6 is 0 Å². The highest BCUT2D eigenvalue weighted by molar-refractivity contribution is 5.69. The Hall–Kier alpha value is -2.10. The van der Waals surface area contributed by atoms with Crippen molar-refractivity contribution in [3.8, 4) is 17.0 Å². The SMILES string of the molecule is CNc1cncc(-c2cccc3c2OCCC3)n1. The molecule has 0 radical (unpaired) electrons. The Bertz CT molecular complexity index is 569. The first-order chi connectivity index (χ1) is 8.88. The molecule has 92 valence electrons. The Morgan fingerprint density at radius 2 is 2.22 bits per heavy atom. The molecule has 0 saturated heterocycles. The van der Waals surface area contributed by atoms with E-state index >= 15 is 0 Å². The summed E-state index contributed by atoms with van der Waals surface area (Å²) in [7, 11) is 1.84. The number of aryl methyl sites for hydroxylation is 1. The molecule has 18 heavy (non-hydrogen) atoms. The molecule has 4 heteroatoms. The van der Waals surface area contributed by atoms with Crippen molar-refractivity contribution in [1.82, 2.24) is 9.97 Å². The van der Waals surface area contributed by atoms with E-state index in [0.717, 1.165) is 42.3 Å². The second kappa shape index (κ2) is 4.64. The van der Waals surface area contributed by atoms with Gasteiger partial charge in [0.1, 0.15) is 11.6 Å². The van der Waals surface area contributed by atoms with Crippen molar-refractivity contribution in [2.24, 2.45) is 0 Å². The molecule has 0 bridgehead atoms. The van der Waals surface area contributed by atoms with E-state index in [1.54, 1.807) is 12.4 Å². The van der Waals surface area contributed by atoms with E-state index < -0.39 is 0 Å². The van der Waals surface area contributed by atoms with Gasteiger partial charge in [-0.1, -0.05) is 12.1 Å². The summed E-state index contributed by atoms with van der Waals surface area (Å²) in [5, 5.41) is 3.00. The highest BCUT2D eigenvalue weighted by atomic mass is 16.5. The van der Waals surface area contributed by atoms with Crippen LogP contribution in [0.15, 0.2) is 30.6 Å². The zero-order valence-corrected chi connectivity index (χ0v) is 10.3. The van der Waals surface area contributed by atoms with Gasteiger partial charge in [-0.05, 0) is 24.5 Å². The number of anilines is 1. The molecular formula is C14H15N3O. The van der Waals surface area contributed by atoms with E-state index in [-0.39, 0.29) is 0 Å². The predicted octanol–water partition coefficient (Wildman–Crippen LogP) is 2.51. The fraction of sp³-hybridized carbons (Fsp3) is 0.286. The fourth-order valence-electron chi connectivity index (χ4n) is 2.21. The lowest BCUT2D eigenvalue weighted by Gasteiger charge is -2.20. The lowest BCUT2D eigenvalue weighted by atomic mass is 10.0. The number of rotatable bonds is 2. The van der Waals surface area contributed by atoms with E-state index in [2.05, 4.69) is 27.4 Å². The summed E-state index contributed by atoms with van der Waals surface area (Å²) >= 11 is 0. The normalized spacial score (nSPS) is 13.6. The van der Waals surface area contributed by atoms with Gasteiger partial charge in [-0.3, -0.25) is 4.98 Å². The molecule has 2 aromatic rings. The van der Waals surface area contributed by atoms with Gasteiger partial charge in [0.05, 0.1) is 24.7 Å². The van der Waals surface area contributed by atoms with Gasteiger partial charge in [0, 0.05) is 12.6 Å². The van der Waals surface area contributed by atoms with Gasteiger partial charge >= 0.3 is 0 Å². The van der Waals surface area contributed by atoms with Gasteiger partial charge in [0.2, 0.25) is 0 Å². The summed E-state index contributed by atoms with van der Waals surface area (Å²) in [5.74, 6) is 1.73. The summed E-state index contributed by atoms with van der Waals surface area (Å²) in [6, 6.07) is 6.21. The number of para-hydroxylation sites is 1. The molecule has 1 aliphatic heterocycles. The van der Waals surface area contributed by atoms with E-state index in [0.29, 0.717) is 0 Å².